The monoisotopic (exact) mass is 358 g/mol. The van der Waals surface area contributed by atoms with Gasteiger partial charge < -0.3 is 5.32 Å². The van der Waals surface area contributed by atoms with Gasteiger partial charge in [-0.05, 0) is 62.9 Å². The fourth-order valence-electron chi connectivity index (χ4n) is 2.79. The molecule has 1 aliphatic heterocycles. The van der Waals surface area contributed by atoms with Crippen molar-refractivity contribution in [1.82, 2.24) is 10.3 Å². The minimum Gasteiger partial charge on any atom is -0.347 e. The Morgan fingerprint density at radius 1 is 1.38 bits per heavy atom. The van der Waals surface area contributed by atoms with Gasteiger partial charge in [0.05, 0.1) is 5.71 Å². The molecule has 5 nitrogen and oxygen atoms in total. The third-order valence-electron chi connectivity index (χ3n) is 4.47. The van der Waals surface area contributed by atoms with Crippen LogP contribution in [-0.2, 0) is 4.79 Å². The zero-order chi connectivity index (χ0) is 18.8. The SMILES string of the molecule is C=NN1C(C)=CC(c2ccc(F)cc2)=N/C1=C(/F)C(=O)N[C@@H](C)C1CC1. The number of carbonyl (C=O) groups is 1. The van der Waals surface area contributed by atoms with E-state index in [0.29, 0.717) is 22.9 Å². The van der Waals surface area contributed by atoms with Crippen molar-refractivity contribution >= 4 is 18.3 Å². The van der Waals surface area contributed by atoms with Crippen LogP contribution in [0.15, 0.2) is 57.8 Å². The average Bonchev–Trinajstić information content (AvgIpc) is 3.46. The maximum absolute atomic E-state index is 14.8. The molecule has 1 amide bonds. The summed E-state index contributed by atoms with van der Waals surface area (Å²) in [6.45, 7) is 6.98. The summed E-state index contributed by atoms with van der Waals surface area (Å²) < 4.78 is 28.0. The molecule has 0 bridgehead atoms. The molecule has 2 aliphatic rings. The Bertz CT molecular complexity index is 822. The van der Waals surface area contributed by atoms with Crippen LogP contribution in [0.25, 0.3) is 0 Å². The predicted octanol–water partition coefficient (Wildman–Crippen LogP) is 3.50. The van der Waals surface area contributed by atoms with Crippen molar-refractivity contribution in [3.63, 3.8) is 0 Å². The molecule has 1 fully saturated rings. The van der Waals surface area contributed by atoms with Gasteiger partial charge in [0.15, 0.2) is 5.82 Å². The van der Waals surface area contributed by atoms with E-state index in [1.807, 2.05) is 6.92 Å². The van der Waals surface area contributed by atoms with Crippen LogP contribution in [0, 0.1) is 11.7 Å². The van der Waals surface area contributed by atoms with E-state index in [9.17, 15) is 13.6 Å². The van der Waals surface area contributed by atoms with Crippen molar-refractivity contribution in [2.45, 2.75) is 32.7 Å². The highest BCUT2D eigenvalue weighted by Crippen LogP contribution is 2.32. The smallest absolute Gasteiger partial charge is 0.284 e. The standard InChI is InChI=1S/C19H20F2N4O/c1-11-10-16(14-6-8-15(20)9-7-14)24-18(25(11)22-3)17(21)19(26)23-12(2)13-4-5-13/h6-10,12-13H,3-5H2,1-2H3,(H,23,26)/b18-17-/t12-/m0/s1. The minimum atomic E-state index is -1.03. The molecule has 0 aromatic heterocycles. The van der Waals surface area contributed by atoms with E-state index in [1.165, 1.54) is 17.1 Å². The van der Waals surface area contributed by atoms with Crippen molar-refractivity contribution in [3.05, 3.63) is 59.1 Å². The fourth-order valence-corrected chi connectivity index (χ4v) is 2.79. The lowest BCUT2D eigenvalue weighted by Gasteiger charge is -2.24. The molecular weight excluding hydrogens is 338 g/mol. The van der Waals surface area contributed by atoms with Crippen molar-refractivity contribution in [1.29, 1.82) is 0 Å². The third-order valence-corrected chi connectivity index (χ3v) is 4.47. The summed E-state index contributed by atoms with van der Waals surface area (Å²) in [5, 5.41) is 7.58. The molecule has 3 rings (SSSR count). The second-order valence-corrected chi connectivity index (χ2v) is 6.48. The van der Waals surface area contributed by atoms with Gasteiger partial charge in [-0.15, -0.1) is 0 Å². The summed E-state index contributed by atoms with van der Waals surface area (Å²) in [7, 11) is 0. The summed E-state index contributed by atoms with van der Waals surface area (Å²) in [5.41, 5.74) is 1.56. The summed E-state index contributed by atoms with van der Waals surface area (Å²) in [4.78, 5) is 16.5. The number of amides is 1. The van der Waals surface area contributed by atoms with Gasteiger partial charge in [-0.1, -0.05) is 0 Å². The number of hydrogen-bond acceptors (Lipinski definition) is 4. The normalized spacial score (nSPS) is 20.1. The average molecular weight is 358 g/mol. The number of hydrogen-bond donors (Lipinski definition) is 1. The van der Waals surface area contributed by atoms with E-state index in [-0.39, 0.29) is 17.7 Å². The molecule has 1 aromatic carbocycles. The molecule has 0 saturated heterocycles. The Morgan fingerprint density at radius 2 is 2.04 bits per heavy atom. The van der Waals surface area contributed by atoms with E-state index in [0.717, 1.165) is 12.8 Å². The highest BCUT2D eigenvalue weighted by Gasteiger charge is 2.31. The predicted molar refractivity (Wildman–Crippen MR) is 96.5 cm³/mol. The van der Waals surface area contributed by atoms with Gasteiger partial charge in [0.25, 0.3) is 5.91 Å². The second kappa shape index (κ2) is 7.19. The van der Waals surface area contributed by atoms with E-state index < -0.39 is 11.7 Å². The van der Waals surface area contributed by atoms with Crippen LogP contribution in [-0.4, -0.2) is 29.4 Å². The molecule has 0 unspecified atom stereocenters. The zero-order valence-corrected chi connectivity index (χ0v) is 14.7. The van der Waals surface area contributed by atoms with E-state index in [2.05, 4.69) is 22.1 Å². The Balaban J connectivity index is 1.95. The Morgan fingerprint density at radius 3 is 2.62 bits per heavy atom. The first-order valence-electron chi connectivity index (χ1n) is 8.41. The quantitative estimate of drug-likeness (QED) is 0.647. The van der Waals surface area contributed by atoms with E-state index in [1.54, 1.807) is 25.1 Å². The first-order chi connectivity index (χ1) is 12.4. The van der Waals surface area contributed by atoms with Crippen LogP contribution in [0.1, 0.15) is 32.3 Å². The highest BCUT2D eigenvalue weighted by atomic mass is 19.1. The van der Waals surface area contributed by atoms with Crippen LogP contribution in [0.3, 0.4) is 0 Å². The molecule has 1 N–H and O–H groups in total. The third kappa shape index (κ3) is 3.71. The molecular formula is C19H20F2N4O. The lowest BCUT2D eigenvalue weighted by molar-refractivity contribution is -0.119. The number of allylic oxidation sites excluding steroid dienone is 2. The number of benzene rings is 1. The summed E-state index contributed by atoms with van der Waals surface area (Å²) in [6.07, 6.45) is 3.74. The maximum atomic E-state index is 14.8. The van der Waals surface area contributed by atoms with Gasteiger partial charge in [0.1, 0.15) is 5.82 Å². The molecule has 136 valence electrons. The molecule has 1 aliphatic carbocycles. The molecule has 0 spiro atoms. The van der Waals surface area contributed by atoms with Crippen molar-refractivity contribution < 1.29 is 13.6 Å². The number of carbonyl (C=O) groups excluding carboxylic acids is 1. The van der Waals surface area contributed by atoms with Gasteiger partial charge in [0.2, 0.25) is 5.83 Å². The zero-order valence-electron chi connectivity index (χ0n) is 14.7. The number of nitrogens with one attached hydrogen (secondary N) is 1. The van der Waals surface area contributed by atoms with Crippen molar-refractivity contribution in [2.24, 2.45) is 16.0 Å². The number of hydrazone groups is 1. The number of nitrogens with zero attached hydrogens (tertiary/aromatic N) is 3. The summed E-state index contributed by atoms with van der Waals surface area (Å²) >= 11 is 0. The van der Waals surface area contributed by atoms with E-state index in [4.69, 9.17) is 0 Å². The lowest BCUT2D eigenvalue weighted by atomic mass is 10.1. The molecule has 7 heteroatoms. The second-order valence-electron chi connectivity index (χ2n) is 6.48. The van der Waals surface area contributed by atoms with Crippen LogP contribution >= 0.6 is 0 Å². The van der Waals surface area contributed by atoms with Crippen molar-refractivity contribution in [2.75, 3.05) is 0 Å². The Hall–Kier alpha value is -2.83. The first-order valence-corrected chi connectivity index (χ1v) is 8.41. The van der Waals surface area contributed by atoms with Gasteiger partial charge in [-0.2, -0.15) is 9.49 Å². The Kier molecular flexibility index (Phi) is 4.97. The fraction of sp³-hybridized carbons (Fsp3) is 0.316. The highest BCUT2D eigenvalue weighted by molar-refractivity contribution is 6.10. The molecule has 1 atom stereocenters. The van der Waals surface area contributed by atoms with Gasteiger partial charge in [0, 0.05) is 24.0 Å². The topological polar surface area (TPSA) is 57.1 Å². The van der Waals surface area contributed by atoms with Crippen LogP contribution in [0.4, 0.5) is 8.78 Å². The number of halogens is 2. The Labute approximate surface area is 150 Å². The molecule has 1 heterocycles. The molecule has 1 saturated carbocycles. The molecule has 0 radical (unpaired) electrons. The summed E-state index contributed by atoms with van der Waals surface area (Å²) in [5.74, 6) is -2.07. The van der Waals surface area contributed by atoms with Crippen LogP contribution < -0.4 is 5.32 Å². The van der Waals surface area contributed by atoms with Gasteiger partial charge >= 0.3 is 0 Å². The first kappa shape index (κ1) is 18.0. The molecule has 26 heavy (non-hydrogen) atoms. The van der Waals surface area contributed by atoms with Gasteiger partial charge in [-0.25, -0.2) is 14.4 Å². The van der Waals surface area contributed by atoms with Crippen LogP contribution in [0.2, 0.25) is 0 Å². The number of rotatable bonds is 5. The number of aliphatic imine (C=N–C) groups is 1. The summed E-state index contributed by atoms with van der Waals surface area (Å²) in [6, 6.07) is 5.57. The van der Waals surface area contributed by atoms with Crippen molar-refractivity contribution in [3.8, 4) is 0 Å². The molecule has 1 aromatic rings. The lowest BCUT2D eigenvalue weighted by Crippen LogP contribution is -2.35. The van der Waals surface area contributed by atoms with E-state index >= 15 is 0 Å². The minimum absolute atomic E-state index is 0.0974. The maximum Gasteiger partial charge on any atom is 0.284 e. The van der Waals surface area contributed by atoms with Gasteiger partial charge in [-0.3, -0.25) is 4.79 Å². The van der Waals surface area contributed by atoms with Crippen LogP contribution in [0.5, 0.6) is 0 Å². The largest absolute Gasteiger partial charge is 0.347 e.